The van der Waals surface area contributed by atoms with Crippen molar-refractivity contribution in [3.8, 4) is 22.5 Å². The molecule has 6 aromatic rings. The van der Waals surface area contributed by atoms with Gasteiger partial charge < -0.3 is 44.0 Å². The molecule has 69 heavy (non-hydrogen) atoms. The van der Waals surface area contributed by atoms with Gasteiger partial charge in [-0.3, -0.25) is 28.8 Å². The van der Waals surface area contributed by atoms with Crippen LogP contribution in [-0.4, -0.2) is 82.1 Å². The molecule has 0 radical (unpaired) electrons. The summed E-state index contributed by atoms with van der Waals surface area (Å²) in [6, 6.07) is 23.4. The average Bonchev–Trinajstić information content (AvgIpc) is 4.17. The Balaban J connectivity index is 0.000000205. The fourth-order valence-corrected chi connectivity index (χ4v) is 7.76. The van der Waals surface area contributed by atoms with Crippen LogP contribution in [0.3, 0.4) is 0 Å². The van der Waals surface area contributed by atoms with E-state index >= 15 is 0 Å². The van der Waals surface area contributed by atoms with Crippen molar-refractivity contribution in [2.75, 3.05) is 35.4 Å². The molecule has 20 nitrogen and oxygen atoms in total. The van der Waals surface area contributed by atoms with Crippen molar-refractivity contribution in [2.45, 2.75) is 51.6 Å². The number of nitrogens with two attached hydrogens (primary N) is 4. The number of carbonyl (C=O) groups is 6. The van der Waals surface area contributed by atoms with Gasteiger partial charge in [-0.25, -0.2) is 29.3 Å². The predicted octanol–water partition coefficient (Wildman–Crippen LogP) is 5.01. The number of amides is 5. The summed E-state index contributed by atoms with van der Waals surface area (Å²) in [6.45, 7) is 4.96. The van der Waals surface area contributed by atoms with Crippen LogP contribution in [0.1, 0.15) is 105 Å². The molecule has 4 aromatic heterocycles. The number of nitrogens with zero attached hydrogens (tertiary/aromatic N) is 7. The van der Waals surface area contributed by atoms with Crippen molar-refractivity contribution in [3.05, 3.63) is 156 Å². The zero-order chi connectivity index (χ0) is 49.6. The second-order valence-electron chi connectivity index (χ2n) is 15.4. The van der Waals surface area contributed by atoms with E-state index in [-0.39, 0.29) is 41.2 Å². The van der Waals surface area contributed by atoms with Gasteiger partial charge in [0.1, 0.15) is 28.8 Å². The third kappa shape index (κ3) is 12.3. The van der Waals surface area contributed by atoms with Crippen LogP contribution in [0.2, 0.25) is 0 Å². The van der Waals surface area contributed by atoms with Gasteiger partial charge in [-0.15, -0.1) is 0 Å². The molecule has 2 aromatic carbocycles. The molecular formula is C48H51ClN14O6. The first kappa shape index (κ1) is 49.9. The molecule has 0 unspecified atom stereocenters. The molecule has 2 atom stereocenters. The maximum absolute atomic E-state index is 12.5. The number of nitrogens with one attached hydrogen (secondary N) is 3. The Labute approximate surface area is 401 Å². The number of anilines is 2. The summed E-state index contributed by atoms with van der Waals surface area (Å²) in [6.07, 6.45) is 12.6. The van der Waals surface area contributed by atoms with Gasteiger partial charge in [-0.05, 0) is 118 Å². The lowest BCUT2D eigenvalue weighted by Crippen LogP contribution is -2.33. The van der Waals surface area contributed by atoms with Crippen LogP contribution in [0.25, 0.3) is 22.5 Å². The van der Waals surface area contributed by atoms with Crippen LogP contribution in [0.4, 0.5) is 11.6 Å². The van der Waals surface area contributed by atoms with Crippen LogP contribution in [0.15, 0.2) is 122 Å². The Morgan fingerprint density at radius 3 is 1.57 bits per heavy atom. The molecule has 6 heterocycles. The molecular weight excluding hydrogens is 904 g/mol. The predicted molar refractivity (Wildman–Crippen MR) is 261 cm³/mol. The minimum Gasteiger partial charge on any atom is -0.364 e. The number of benzene rings is 2. The van der Waals surface area contributed by atoms with Crippen LogP contribution >= 0.6 is 11.6 Å². The van der Waals surface area contributed by atoms with Crippen molar-refractivity contribution >= 4 is 58.0 Å². The topological polar surface area (TPSA) is 307 Å². The number of hydrogen-bond donors (Lipinski definition) is 7. The van der Waals surface area contributed by atoms with Crippen molar-refractivity contribution < 1.29 is 28.8 Å². The first-order valence-electron chi connectivity index (χ1n) is 21.7. The normalized spacial score (nSPS) is 15.2. The maximum Gasteiger partial charge on any atom is 0.269 e. The third-order valence-corrected chi connectivity index (χ3v) is 10.9. The summed E-state index contributed by atoms with van der Waals surface area (Å²) in [7, 11) is 0. The van der Waals surface area contributed by atoms with Gasteiger partial charge in [0.05, 0.1) is 12.1 Å². The minimum atomic E-state index is -0.738. The summed E-state index contributed by atoms with van der Waals surface area (Å²) in [5.74, 6) is 12.1. The smallest absolute Gasteiger partial charge is 0.269 e. The summed E-state index contributed by atoms with van der Waals surface area (Å²) >= 11 is 4.85. The SMILES string of the molecule is C/C=C/C(=O)Cl.C/C=C/C(=O)N1CCC[C@H]1c1nc(-c2ccc(C(=O)Nc3ccccn3)cc2)c(C(N)=O)n1N.NC(=O)c1c(-c2ccc(C(=O)Nc3ccccn3)cc2)nc([C@@H]2CCCN2)n1N. The lowest BCUT2D eigenvalue weighted by atomic mass is 10.1. The molecule has 8 rings (SSSR count). The van der Waals surface area contributed by atoms with Crippen molar-refractivity contribution in [1.29, 1.82) is 0 Å². The second-order valence-corrected chi connectivity index (χ2v) is 15.8. The van der Waals surface area contributed by atoms with E-state index in [0.717, 1.165) is 25.8 Å². The molecule has 0 saturated carbocycles. The molecule has 2 aliphatic heterocycles. The van der Waals surface area contributed by atoms with Crippen molar-refractivity contribution in [3.63, 3.8) is 0 Å². The number of halogens is 1. The number of imidazole rings is 2. The van der Waals surface area contributed by atoms with E-state index in [0.29, 0.717) is 69.9 Å². The number of primary amides is 2. The van der Waals surface area contributed by atoms with Crippen LogP contribution < -0.4 is 39.1 Å². The molecule has 356 valence electrons. The Morgan fingerprint density at radius 1 is 0.667 bits per heavy atom. The van der Waals surface area contributed by atoms with E-state index in [4.69, 9.17) is 34.8 Å². The summed E-state index contributed by atoms with van der Waals surface area (Å²) < 4.78 is 2.44. The largest absolute Gasteiger partial charge is 0.364 e. The Bertz CT molecular complexity index is 2860. The Morgan fingerprint density at radius 2 is 1.16 bits per heavy atom. The summed E-state index contributed by atoms with van der Waals surface area (Å²) in [4.78, 5) is 90.5. The Hall–Kier alpha value is -8.49. The van der Waals surface area contributed by atoms with E-state index in [1.54, 1.807) is 128 Å². The molecule has 2 aliphatic rings. The van der Waals surface area contributed by atoms with E-state index in [1.165, 1.54) is 21.5 Å². The number of pyridine rings is 2. The quantitative estimate of drug-likeness (QED) is 0.0483. The van der Waals surface area contributed by atoms with Gasteiger partial charge in [0.25, 0.3) is 23.6 Å². The number of allylic oxidation sites excluding steroid dienone is 3. The maximum atomic E-state index is 12.5. The first-order chi connectivity index (χ1) is 33.2. The lowest BCUT2D eigenvalue weighted by Gasteiger charge is -2.22. The molecule has 2 saturated heterocycles. The molecule has 0 bridgehead atoms. The zero-order valence-corrected chi connectivity index (χ0v) is 38.5. The zero-order valence-electron chi connectivity index (χ0n) is 37.7. The lowest BCUT2D eigenvalue weighted by molar-refractivity contribution is -0.127. The number of rotatable bonds is 12. The third-order valence-electron chi connectivity index (χ3n) is 10.8. The van der Waals surface area contributed by atoms with Gasteiger partial charge in [-0.2, -0.15) is 0 Å². The Kier molecular flexibility index (Phi) is 16.9. The van der Waals surface area contributed by atoms with Gasteiger partial charge >= 0.3 is 0 Å². The molecule has 21 heteroatoms. The number of likely N-dealkylation sites (tertiary alicyclic amines) is 1. The number of hydrogen-bond acceptors (Lipinski definition) is 13. The molecule has 0 spiro atoms. The van der Waals surface area contributed by atoms with Crippen LogP contribution in [0, 0.1) is 0 Å². The molecule has 2 fully saturated rings. The van der Waals surface area contributed by atoms with E-state index in [9.17, 15) is 28.8 Å². The highest BCUT2D eigenvalue weighted by Gasteiger charge is 2.35. The number of aromatic nitrogens is 6. The summed E-state index contributed by atoms with van der Waals surface area (Å²) in [5.41, 5.74) is 14.1. The number of nitrogen functional groups attached to an aromatic ring is 2. The number of carbonyl (C=O) groups excluding carboxylic acids is 6. The molecule has 11 N–H and O–H groups in total. The van der Waals surface area contributed by atoms with E-state index in [1.807, 2.05) is 0 Å². The standard InChI is InChI=1S/C24H25N7O3.C20H21N7O2.C4H5ClO/c1-2-6-19(32)30-14-5-7-17(30)23-29-20(21(22(25)33)31(23)26)15-9-11-16(12-10-15)24(34)28-18-8-3-4-13-27-18;21-18(28)17-16(26-19(27(17)22)14-4-3-11-23-14)12-6-8-13(9-7-12)20(29)25-15-5-1-2-10-24-15;1-2-3-4(5)6/h2-4,6,8-13,17H,5,7,14,26H2,1H3,(H2,25,33)(H,27,28,34);1-2,5-10,14,23H,3-4,11,22H2,(H2,21,28)(H,24,25,29);2-3H,1H3/b6-2+;;3-2+/t17-;14-;/m00./s1. The van der Waals surface area contributed by atoms with Gasteiger partial charge in [0.2, 0.25) is 11.1 Å². The monoisotopic (exact) mass is 954 g/mol. The van der Waals surface area contributed by atoms with Gasteiger partial charge in [0, 0.05) is 41.2 Å². The highest BCUT2D eigenvalue weighted by atomic mass is 35.5. The van der Waals surface area contributed by atoms with E-state index < -0.39 is 17.1 Å². The van der Waals surface area contributed by atoms with Crippen molar-refractivity contribution in [1.82, 2.24) is 39.5 Å². The fraction of sp³-hybridized carbons (Fsp3) is 0.208. The highest BCUT2D eigenvalue weighted by molar-refractivity contribution is 6.66. The van der Waals surface area contributed by atoms with E-state index in [2.05, 4.69) is 35.9 Å². The van der Waals surface area contributed by atoms with Gasteiger partial charge in [-0.1, -0.05) is 48.6 Å². The minimum absolute atomic E-state index is 0.0183. The summed E-state index contributed by atoms with van der Waals surface area (Å²) in [5, 5.41) is 8.34. The van der Waals surface area contributed by atoms with Crippen molar-refractivity contribution in [2.24, 2.45) is 11.5 Å². The molecule has 0 aliphatic carbocycles. The van der Waals surface area contributed by atoms with Crippen LogP contribution in [-0.2, 0) is 9.59 Å². The highest BCUT2D eigenvalue weighted by Crippen LogP contribution is 2.35. The second kappa shape index (κ2) is 23.3. The van der Waals surface area contributed by atoms with Crippen LogP contribution in [0.5, 0.6) is 0 Å². The fourth-order valence-electron chi connectivity index (χ4n) is 7.64. The first-order valence-corrected chi connectivity index (χ1v) is 22.1. The molecule has 5 amide bonds. The average molecular weight is 955 g/mol. The van der Waals surface area contributed by atoms with Gasteiger partial charge in [0.15, 0.2) is 17.2 Å².